The second-order valence-electron chi connectivity index (χ2n) is 5.75. The van der Waals surface area contributed by atoms with Crippen molar-refractivity contribution < 1.29 is 14.7 Å². The average Bonchev–Trinajstić information content (AvgIpc) is 2.82. The third-order valence-electron chi connectivity index (χ3n) is 3.87. The first-order valence-electron chi connectivity index (χ1n) is 7.20. The van der Waals surface area contributed by atoms with Crippen molar-refractivity contribution in [3.8, 4) is 0 Å². The summed E-state index contributed by atoms with van der Waals surface area (Å²) < 4.78 is 1.35. The number of nitrogens with one attached hydrogen (secondary N) is 1. The zero-order valence-electron chi connectivity index (χ0n) is 12.7. The van der Waals surface area contributed by atoms with E-state index >= 15 is 0 Å². The molecule has 116 valence electrons. The molecular formula is C14H22N4O3. The quantitative estimate of drug-likeness (QED) is 0.854. The Bertz CT molecular complexity index is 530. The maximum atomic E-state index is 12.2. The Balaban J connectivity index is 1.98. The average molecular weight is 294 g/mol. The molecule has 2 N–H and O–H groups in total. The maximum absolute atomic E-state index is 12.2. The van der Waals surface area contributed by atoms with E-state index in [0.717, 1.165) is 25.9 Å². The van der Waals surface area contributed by atoms with Crippen LogP contribution in [-0.2, 0) is 7.05 Å². The highest BCUT2D eigenvalue weighted by atomic mass is 16.4. The van der Waals surface area contributed by atoms with Gasteiger partial charge in [0.2, 0.25) is 0 Å². The van der Waals surface area contributed by atoms with E-state index in [-0.39, 0.29) is 17.3 Å². The van der Waals surface area contributed by atoms with E-state index in [1.54, 1.807) is 7.05 Å². The van der Waals surface area contributed by atoms with Gasteiger partial charge in [-0.3, -0.25) is 9.48 Å². The highest BCUT2D eigenvalue weighted by Crippen LogP contribution is 2.14. The van der Waals surface area contributed by atoms with Crippen molar-refractivity contribution in [1.82, 2.24) is 20.0 Å². The van der Waals surface area contributed by atoms with E-state index in [1.165, 1.54) is 10.9 Å². The molecule has 1 aliphatic rings. The van der Waals surface area contributed by atoms with E-state index in [0.29, 0.717) is 6.04 Å². The zero-order chi connectivity index (χ0) is 15.6. The molecule has 1 aromatic heterocycles. The summed E-state index contributed by atoms with van der Waals surface area (Å²) in [7, 11) is 1.60. The van der Waals surface area contributed by atoms with Gasteiger partial charge in [0, 0.05) is 38.4 Å². The molecular weight excluding hydrogens is 272 g/mol. The second kappa shape index (κ2) is 6.26. The summed E-state index contributed by atoms with van der Waals surface area (Å²) in [6, 6.07) is 0.590. The van der Waals surface area contributed by atoms with Crippen molar-refractivity contribution >= 4 is 11.9 Å². The highest BCUT2D eigenvalue weighted by molar-refractivity contribution is 6.03. The number of carboxylic acids is 1. The van der Waals surface area contributed by atoms with Gasteiger partial charge in [-0.1, -0.05) is 0 Å². The lowest BCUT2D eigenvalue weighted by Gasteiger charge is -2.34. The third-order valence-corrected chi connectivity index (χ3v) is 3.87. The lowest BCUT2D eigenvalue weighted by atomic mass is 10.0. The van der Waals surface area contributed by atoms with Crippen LogP contribution >= 0.6 is 0 Å². The van der Waals surface area contributed by atoms with Crippen LogP contribution in [0, 0.1) is 0 Å². The van der Waals surface area contributed by atoms with Gasteiger partial charge in [-0.2, -0.15) is 5.10 Å². The molecule has 2 rings (SSSR count). The van der Waals surface area contributed by atoms with E-state index in [4.69, 9.17) is 5.11 Å². The molecule has 1 fully saturated rings. The standard InChI is InChI=1S/C14H22N4O3/c1-9(2)18-6-4-10(5-7-18)15-13(19)12-11(14(20)21)8-17(3)16-12/h8-10H,4-7H2,1-3H3,(H,15,19)(H,20,21). The summed E-state index contributed by atoms with van der Waals surface area (Å²) in [6.45, 7) is 6.20. The minimum Gasteiger partial charge on any atom is -0.478 e. The minimum absolute atomic E-state index is 0.0173. The molecule has 7 nitrogen and oxygen atoms in total. The number of aromatic carboxylic acids is 1. The predicted molar refractivity (Wildman–Crippen MR) is 77.4 cm³/mol. The third kappa shape index (κ3) is 3.60. The summed E-state index contributed by atoms with van der Waals surface area (Å²) in [4.78, 5) is 25.7. The molecule has 0 spiro atoms. The van der Waals surface area contributed by atoms with Gasteiger partial charge in [-0.05, 0) is 26.7 Å². The molecule has 0 bridgehead atoms. The number of carboxylic acid groups (broad SMARTS) is 1. The van der Waals surface area contributed by atoms with E-state index < -0.39 is 11.9 Å². The SMILES string of the molecule is CC(C)N1CCC(NC(=O)c2nn(C)cc2C(=O)O)CC1. The van der Waals surface area contributed by atoms with E-state index in [9.17, 15) is 9.59 Å². The van der Waals surface area contributed by atoms with Gasteiger partial charge < -0.3 is 15.3 Å². The second-order valence-corrected chi connectivity index (χ2v) is 5.75. The normalized spacial score (nSPS) is 17.1. The van der Waals surface area contributed by atoms with Crippen molar-refractivity contribution in [3.05, 3.63) is 17.5 Å². The summed E-state index contributed by atoms with van der Waals surface area (Å²) in [5.41, 5.74) is -0.0779. The van der Waals surface area contributed by atoms with Crippen molar-refractivity contribution in [3.63, 3.8) is 0 Å². The fraction of sp³-hybridized carbons (Fsp3) is 0.643. The number of hydrogen-bond acceptors (Lipinski definition) is 4. The Labute approximate surface area is 123 Å². The summed E-state index contributed by atoms with van der Waals surface area (Å²) >= 11 is 0. The van der Waals surface area contributed by atoms with Gasteiger partial charge in [0.25, 0.3) is 5.91 Å². The van der Waals surface area contributed by atoms with Gasteiger partial charge in [-0.25, -0.2) is 4.79 Å². The van der Waals surface area contributed by atoms with Crippen LogP contribution in [0.5, 0.6) is 0 Å². The fourth-order valence-electron chi connectivity index (χ4n) is 2.63. The van der Waals surface area contributed by atoms with Crippen LogP contribution in [0.3, 0.4) is 0 Å². The van der Waals surface area contributed by atoms with Crippen molar-refractivity contribution in [1.29, 1.82) is 0 Å². The van der Waals surface area contributed by atoms with Crippen LogP contribution in [0.2, 0.25) is 0 Å². The van der Waals surface area contributed by atoms with Crippen LogP contribution in [0.4, 0.5) is 0 Å². The maximum Gasteiger partial charge on any atom is 0.339 e. The van der Waals surface area contributed by atoms with Crippen LogP contribution in [-0.4, -0.2) is 56.8 Å². The smallest absolute Gasteiger partial charge is 0.339 e. The van der Waals surface area contributed by atoms with Crippen molar-refractivity contribution in [2.45, 2.75) is 38.8 Å². The highest BCUT2D eigenvalue weighted by Gasteiger charge is 2.26. The summed E-state index contributed by atoms with van der Waals surface area (Å²) in [5, 5.41) is 15.9. The molecule has 0 aliphatic carbocycles. The molecule has 1 aromatic rings. The molecule has 0 atom stereocenters. The van der Waals surface area contributed by atoms with Gasteiger partial charge in [0.05, 0.1) is 0 Å². The Kier molecular flexibility index (Phi) is 4.62. The molecule has 1 amide bonds. The molecule has 1 saturated heterocycles. The van der Waals surface area contributed by atoms with Crippen molar-refractivity contribution in [2.24, 2.45) is 7.05 Å². The molecule has 0 unspecified atom stereocenters. The number of piperidine rings is 1. The number of rotatable bonds is 4. The van der Waals surface area contributed by atoms with Crippen molar-refractivity contribution in [2.75, 3.05) is 13.1 Å². The van der Waals surface area contributed by atoms with Gasteiger partial charge in [0.15, 0.2) is 5.69 Å². The summed E-state index contributed by atoms with van der Waals surface area (Å²) in [5.74, 6) is -1.54. The zero-order valence-corrected chi connectivity index (χ0v) is 12.7. The molecule has 0 saturated carbocycles. The Hall–Kier alpha value is -1.89. The number of carbonyl (C=O) groups is 2. The lowest BCUT2D eigenvalue weighted by Crippen LogP contribution is -2.46. The van der Waals surface area contributed by atoms with Crippen LogP contribution in [0.1, 0.15) is 47.5 Å². The molecule has 7 heteroatoms. The Morgan fingerprint density at radius 1 is 1.38 bits per heavy atom. The lowest BCUT2D eigenvalue weighted by molar-refractivity contribution is 0.0689. The first-order chi connectivity index (χ1) is 9.88. The number of carbonyl (C=O) groups excluding carboxylic acids is 1. The van der Waals surface area contributed by atoms with E-state index in [2.05, 4.69) is 29.2 Å². The van der Waals surface area contributed by atoms with Gasteiger partial charge in [0.1, 0.15) is 5.56 Å². The number of aryl methyl sites for hydroxylation is 1. The molecule has 2 heterocycles. The predicted octanol–water partition coefficient (Wildman–Crippen LogP) is 0.721. The summed E-state index contributed by atoms with van der Waals surface area (Å²) in [6.07, 6.45) is 3.09. The number of amides is 1. The number of likely N-dealkylation sites (tertiary alicyclic amines) is 1. The number of nitrogens with zero attached hydrogens (tertiary/aromatic N) is 3. The fourth-order valence-corrected chi connectivity index (χ4v) is 2.63. The molecule has 0 aromatic carbocycles. The van der Waals surface area contributed by atoms with Crippen LogP contribution in [0.25, 0.3) is 0 Å². The number of aromatic nitrogens is 2. The van der Waals surface area contributed by atoms with E-state index in [1.807, 2.05) is 0 Å². The van der Waals surface area contributed by atoms with Gasteiger partial charge in [-0.15, -0.1) is 0 Å². The van der Waals surface area contributed by atoms with Crippen LogP contribution < -0.4 is 5.32 Å². The number of hydrogen-bond donors (Lipinski definition) is 2. The molecule has 1 aliphatic heterocycles. The topological polar surface area (TPSA) is 87.5 Å². The van der Waals surface area contributed by atoms with Gasteiger partial charge >= 0.3 is 5.97 Å². The molecule has 21 heavy (non-hydrogen) atoms. The first-order valence-corrected chi connectivity index (χ1v) is 7.20. The first kappa shape index (κ1) is 15.5. The minimum atomic E-state index is -1.14. The Morgan fingerprint density at radius 2 is 2.00 bits per heavy atom. The monoisotopic (exact) mass is 294 g/mol. The Morgan fingerprint density at radius 3 is 2.52 bits per heavy atom. The van der Waals surface area contributed by atoms with Crippen LogP contribution in [0.15, 0.2) is 6.20 Å². The largest absolute Gasteiger partial charge is 0.478 e. The molecule has 0 radical (unpaired) electrons.